The van der Waals surface area contributed by atoms with E-state index in [2.05, 4.69) is 33.8 Å². The van der Waals surface area contributed by atoms with Crippen molar-refractivity contribution in [2.24, 2.45) is 50.2 Å². The van der Waals surface area contributed by atoms with Crippen molar-refractivity contribution < 1.29 is 158 Å². The van der Waals surface area contributed by atoms with E-state index < -0.39 is 262 Å². The van der Waals surface area contributed by atoms with E-state index in [0.29, 0.717) is 51.4 Å². The number of esters is 1. The first-order chi connectivity index (χ1) is 44.5. The third-order valence-electron chi connectivity index (χ3n) is 24.6. The highest BCUT2D eigenvalue weighted by Crippen LogP contribution is 2.76. The molecule has 0 aromatic carbocycles. The summed E-state index contributed by atoms with van der Waals surface area (Å²) in [5, 5.41) is 197. The van der Waals surface area contributed by atoms with Crippen LogP contribution in [-0.2, 0) is 66.4 Å². The van der Waals surface area contributed by atoms with Crippen LogP contribution in [0.1, 0.15) is 106 Å². The highest BCUT2D eigenvalue weighted by molar-refractivity contribution is 5.79. The maximum absolute atomic E-state index is 15.6. The number of hydrogen-bond donors (Lipinski definition) is 18. The predicted molar refractivity (Wildman–Crippen MR) is 312 cm³/mol. The van der Waals surface area contributed by atoms with E-state index in [-0.39, 0.29) is 17.8 Å². The Bertz CT molecular complexity index is 2750. The van der Waals surface area contributed by atoms with E-state index in [0.717, 1.165) is 5.57 Å². The van der Waals surface area contributed by atoms with Gasteiger partial charge in [0.2, 0.25) is 6.29 Å². The Hall–Kier alpha value is -2.44. The molecule has 6 heterocycles. The number of carboxylic acids is 1. The van der Waals surface area contributed by atoms with Crippen molar-refractivity contribution in [3.05, 3.63) is 11.6 Å². The van der Waals surface area contributed by atoms with Gasteiger partial charge < -0.3 is 149 Å². The molecule has 0 unspecified atom stereocenters. The zero-order valence-corrected chi connectivity index (χ0v) is 54.3. The molecule has 0 amide bonds. The molecule has 0 radical (unpaired) electrons. The van der Waals surface area contributed by atoms with Gasteiger partial charge >= 0.3 is 11.9 Å². The molecule has 36 atom stereocenters. The first-order valence-corrected chi connectivity index (χ1v) is 33.1. The fourth-order valence-electron chi connectivity index (χ4n) is 18.7. The van der Waals surface area contributed by atoms with E-state index in [1.807, 2.05) is 6.92 Å². The number of fused-ring (bicyclic) bond motifs is 7. The molecule has 11 rings (SSSR count). The van der Waals surface area contributed by atoms with Crippen molar-refractivity contribution >= 4 is 11.9 Å². The van der Waals surface area contributed by atoms with Gasteiger partial charge in [0.25, 0.3) is 0 Å². The summed E-state index contributed by atoms with van der Waals surface area (Å²) in [6.07, 6.45) is -41.1. The lowest BCUT2D eigenvalue weighted by atomic mass is 9.33. The number of allylic oxidation sites excluding steroid dienone is 2. The zero-order chi connectivity index (χ0) is 69.4. The van der Waals surface area contributed by atoms with E-state index in [1.54, 1.807) is 0 Å². The minimum Gasteiger partial charge on any atom is -0.481 e. The maximum Gasteiger partial charge on any atom is 0.315 e. The Morgan fingerprint density at radius 3 is 1.76 bits per heavy atom. The molecule has 32 nitrogen and oxygen atoms in total. The molecule has 544 valence electrons. The standard InChI is InChI=1S/C63H100O32/c1-24-43(90-49-39(75)34(70)28(68)20-84-49)45(92-54-47(79)63(83,22-66)23-86-54)42(78)51(87-24)93-46-35(71)29(69)21-85-53(46)95-56(82)62-14-12-57(2,3)16-26(62)25-8-9-32-58(4)17-27(67)48(61(7,55(80)81)33(58)10-11-60(32,6)59(25,5)13-15-62)94-52-41(77)44(37(73)31(19-65)89-52)91-50-40(76)38(74)36(72)30(18-64)88-50/h8,24,26-54,64-79,83H,9-23H2,1-7H3,(H,80,81)/t24-,26-,27-,28+,29-,30+,31+,32+,33+,34-,35-,36+,37+,38-,39+,40+,41+,42+,43-,44-,45-,46+,47-,48-,49-,50-,51-,52-,53-,54-,58+,59+,60+,61-,62-,63+/m0/s1. The van der Waals surface area contributed by atoms with Gasteiger partial charge in [0.1, 0.15) is 115 Å². The summed E-state index contributed by atoms with van der Waals surface area (Å²) in [4.78, 5) is 29.7. The zero-order valence-electron chi connectivity index (χ0n) is 54.3. The van der Waals surface area contributed by atoms with Crippen LogP contribution in [0.25, 0.3) is 0 Å². The van der Waals surface area contributed by atoms with Crippen LogP contribution < -0.4 is 0 Å². The summed E-state index contributed by atoms with van der Waals surface area (Å²) in [5.41, 5.74) is -6.72. The third kappa shape index (κ3) is 12.3. The van der Waals surface area contributed by atoms with Crippen molar-refractivity contribution in [1.29, 1.82) is 0 Å². The van der Waals surface area contributed by atoms with E-state index in [9.17, 15) is 96.7 Å². The van der Waals surface area contributed by atoms with Crippen LogP contribution in [0.5, 0.6) is 0 Å². The molecule has 0 aromatic rings. The van der Waals surface area contributed by atoms with Crippen LogP contribution in [0.15, 0.2) is 11.6 Å². The molecule has 10 fully saturated rings. The van der Waals surface area contributed by atoms with Crippen molar-refractivity contribution in [2.45, 2.75) is 278 Å². The minimum absolute atomic E-state index is 0.00945. The van der Waals surface area contributed by atoms with Gasteiger partial charge in [-0.3, -0.25) is 9.59 Å². The molecular weight excluding hydrogens is 1270 g/mol. The summed E-state index contributed by atoms with van der Waals surface area (Å²) in [6.45, 7) is 9.28. The summed E-state index contributed by atoms with van der Waals surface area (Å²) in [7, 11) is 0. The molecule has 6 saturated heterocycles. The summed E-state index contributed by atoms with van der Waals surface area (Å²) < 4.78 is 71.4. The van der Waals surface area contributed by atoms with Crippen molar-refractivity contribution in [1.82, 2.24) is 0 Å². The molecule has 32 heteroatoms. The van der Waals surface area contributed by atoms with Gasteiger partial charge in [0, 0.05) is 0 Å². The van der Waals surface area contributed by atoms with Crippen molar-refractivity contribution in [3.63, 3.8) is 0 Å². The average molecular weight is 1370 g/mol. The first-order valence-electron chi connectivity index (χ1n) is 33.1. The summed E-state index contributed by atoms with van der Waals surface area (Å²) >= 11 is 0. The van der Waals surface area contributed by atoms with E-state index in [1.165, 1.54) is 13.8 Å². The number of aliphatic hydroxyl groups is 17. The number of carboxylic acid groups (broad SMARTS) is 1. The Labute approximate surface area is 548 Å². The molecule has 4 saturated carbocycles. The van der Waals surface area contributed by atoms with Crippen LogP contribution in [0.4, 0.5) is 0 Å². The number of rotatable bonds is 16. The topological polar surface area (TPSA) is 509 Å². The average Bonchev–Trinajstić information content (AvgIpc) is 1.47. The van der Waals surface area contributed by atoms with Crippen LogP contribution in [-0.4, -0.2) is 315 Å². The predicted octanol–water partition coefficient (Wildman–Crippen LogP) is -5.40. The smallest absolute Gasteiger partial charge is 0.315 e. The van der Waals surface area contributed by atoms with Gasteiger partial charge in [0.15, 0.2) is 37.6 Å². The quantitative estimate of drug-likeness (QED) is 0.0390. The minimum atomic E-state index is -2.19. The summed E-state index contributed by atoms with van der Waals surface area (Å²) in [5.74, 6) is -3.42. The highest BCUT2D eigenvalue weighted by Gasteiger charge is 2.73. The number of aliphatic hydroxyl groups excluding tert-OH is 16. The van der Waals surface area contributed by atoms with Crippen LogP contribution in [0.2, 0.25) is 0 Å². The monoisotopic (exact) mass is 1370 g/mol. The molecular formula is C63H100O32. The second kappa shape index (κ2) is 27.1. The fourth-order valence-corrected chi connectivity index (χ4v) is 18.7. The Morgan fingerprint density at radius 1 is 0.547 bits per heavy atom. The van der Waals surface area contributed by atoms with Crippen LogP contribution in [0, 0.1) is 50.2 Å². The number of hydrogen-bond acceptors (Lipinski definition) is 31. The SMILES string of the molecule is C[C@@H]1O[C@@H](O[C@H]2[C@H](OC(=O)[C@]34CCC(C)(C)C[C@H]3C3=CC[C@@H]5[C@@]6(C)C[C@H](O)[C@H](O[C@@H]7O[C@H](CO)[C@@H](O)[C@H](O[C@@H]8O[C@H](CO)[C@@H](O)[C@H](O)[C@H]8O)[C@H]7O)[C@@](C)(C(=O)O)[C@@H]6CC[C@@]5(C)[C@]3(C)CC4)OC[C@H](O)[C@@H]2O)[C@H](O)[C@H](O[C@@H]2OC[C@](O)(CO)[C@H]2O)[C@H]1O[C@@H]1OC[C@@H](O)[C@H](O)[C@H]1O. The fraction of sp³-hybridized carbons (Fsp3) is 0.937. The first kappa shape index (κ1) is 73.8. The maximum atomic E-state index is 15.6. The highest BCUT2D eigenvalue weighted by atomic mass is 16.8. The third-order valence-corrected chi connectivity index (χ3v) is 24.6. The van der Waals surface area contributed by atoms with E-state index >= 15 is 4.79 Å². The van der Waals surface area contributed by atoms with Gasteiger partial charge in [-0.05, 0) is 111 Å². The normalized spacial score (nSPS) is 54.6. The molecule has 0 bridgehead atoms. The largest absolute Gasteiger partial charge is 0.481 e. The molecule has 95 heavy (non-hydrogen) atoms. The second-order valence-corrected chi connectivity index (χ2v) is 30.6. The molecule has 6 aliphatic heterocycles. The van der Waals surface area contributed by atoms with Gasteiger partial charge in [-0.2, -0.15) is 0 Å². The van der Waals surface area contributed by atoms with Crippen molar-refractivity contribution in [3.8, 4) is 0 Å². The lowest BCUT2D eigenvalue weighted by Crippen LogP contribution is -2.70. The van der Waals surface area contributed by atoms with Gasteiger partial charge in [-0.25, -0.2) is 0 Å². The van der Waals surface area contributed by atoms with Crippen molar-refractivity contribution in [2.75, 3.05) is 39.6 Å². The lowest BCUT2D eigenvalue weighted by molar-refractivity contribution is -0.381. The summed E-state index contributed by atoms with van der Waals surface area (Å²) in [6, 6.07) is 0. The number of carbonyl (C=O) groups is 2. The molecule has 5 aliphatic carbocycles. The molecule has 0 aromatic heterocycles. The lowest BCUT2D eigenvalue weighted by Gasteiger charge is -2.71. The Kier molecular flexibility index (Phi) is 21.0. The number of ether oxygens (including phenoxy) is 12. The number of carbonyl (C=O) groups excluding carboxylic acids is 1. The van der Waals surface area contributed by atoms with Gasteiger partial charge in [0.05, 0.1) is 62.7 Å². The van der Waals surface area contributed by atoms with Gasteiger partial charge in [-0.15, -0.1) is 0 Å². The molecule has 11 aliphatic rings. The van der Waals surface area contributed by atoms with Gasteiger partial charge in [-0.1, -0.05) is 46.3 Å². The molecule has 18 N–H and O–H groups in total. The van der Waals surface area contributed by atoms with E-state index in [4.69, 9.17) is 56.8 Å². The second-order valence-electron chi connectivity index (χ2n) is 30.6. The molecule has 0 spiro atoms. The number of aliphatic carboxylic acids is 1. The van der Waals surface area contributed by atoms with Crippen LogP contribution in [0.3, 0.4) is 0 Å². The van der Waals surface area contributed by atoms with Crippen LogP contribution >= 0.6 is 0 Å². The Morgan fingerprint density at radius 2 is 1.12 bits per heavy atom. The Balaban J connectivity index is 0.835.